The van der Waals surface area contributed by atoms with Crippen LogP contribution in [0.4, 0.5) is 0 Å². The van der Waals surface area contributed by atoms with Crippen molar-refractivity contribution in [3.63, 3.8) is 0 Å². The predicted molar refractivity (Wildman–Crippen MR) is 86.7 cm³/mol. The number of hydrogen-bond acceptors (Lipinski definition) is 4. The fraction of sp³-hybridized carbons (Fsp3) is 0.0833. The van der Waals surface area contributed by atoms with Crippen LogP contribution in [-0.4, -0.2) is 32.7 Å². The van der Waals surface area contributed by atoms with Crippen LogP contribution < -0.4 is 0 Å². The Morgan fingerprint density at radius 2 is 2.26 bits per heavy atom. The van der Waals surface area contributed by atoms with E-state index in [9.17, 15) is 9.59 Å². The SMILES string of the molecule is O=C(O)CN1C(=O)/C(=C/c2cccc(I)c2)SC1=S. The Labute approximate surface area is 133 Å². The molecule has 0 radical (unpaired) electrons. The number of amides is 1. The van der Waals surface area contributed by atoms with Gasteiger partial charge in [0.15, 0.2) is 0 Å². The van der Waals surface area contributed by atoms with Crippen LogP contribution >= 0.6 is 46.6 Å². The Bertz CT molecular complexity index is 600. The van der Waals surface area contributed by atoms with E-state index in [1.807, 2.05) is 24.3 Å². The number of carbonyl (C=O) groups excluding carboxylic acids is 1. The number of halogens is 1. The molecule has 0 aromatic heterocycles. The van der Waals surface area contributed by atoms with Gasteiger partial charge in [0.1, 0.15) is 10.9 Å². The summed E-state index contributed by atoms with van der Waals surface area (Å²) >= 11 is 8.33. The summed E-state index contributed by atoms with van der Waals surface area (Å²) in [4.78, 5) is 24.2. The van der Waals surface area contributed by atoms with E-state index in [2.05, 4.69) is 22.6 Å². The minimum absolute atomic E-state index is 0.282. The zero-order valence-corrected chi connectivity index (χ0v) is 13.3. The predicted octanol–water partition coefficient (Wildman–Crippen LogP) is 2.58. The second kappa shape index (κ2) is 6.02. The Hall–Kier alpha value is -0.930. The second-order valence-electron chi connectivity index (χ2n) is 3.72. The van der Waals surface area contributed by atoms with E-state index in [1.54, 1.807) is 6.08 Å². The molecular formula is C12H8INO3S2. The van der Waals surface area contributed by atoms with Gasteiger partial charge in [0.2, 0.25) is 0 Å². The highest BCUT2D eigenvalue weighted by Crippen LogP contribution is 2.32. The van der Waals surface area contributed by atoms with Gasteiger partial charge in [-0.25, -0.2) is 0 Å². The third-order valence-corrected chi connectivity index (χ3v) is 4.36. The summed E-state index contributed by atoms with van der Waals surface area (Å²) < 4.78 is 1.34. The normalized spacial score (nSPS) is 17.3. The lowest BCUT2D eigenvalue weighted by atomic mass is 10.2. The third kappa shape index (κ3) is 3.54. The van der Waals surface area contributed by atoms with Crippen LogP contribution in [-0.2, 0) is 9.59 Å². The summed E-state index contributed by atoms with van der Waals surface area (Å²) in [7, 11) is 0. The summed E-state index contributed by atoms with van der Waals surface area (Å²) in [6, 6.07) is 7.66. The zero-order chi connectivity index (χ0) is 14.0. The minimum Gasteiger partial charge on any atom is -0.480 e. The van der Waals surface area contributed by atoms with Crippen LogP contribution in [0.1, 0.15) is 5.56 Å². The molecule has 1 aliphatic heterocycles. The third-order valence-electron chi connectivity index (χ3n) is 2.31. The van der Waals surface area contributed by atoms with Gasteiger partial charge >= 0.3 is 5.97 Å². The number of carboxylic acid groups (broad SMARTS) is 1. The molecule has 1 aromatic rings. The summed E-state index contributed by atoms with van der Waals surface area (Å²) in [5.41, 5.74) is 0.891. The molecule has 1 aliphatic rings. The van der Waals surface area contributed by atoms with Gasteiger partial charge in [0.05, 0.1) is 4.91 Å². The maximum absolute atomic E-state index is 12.0. The van der Waals surface area contributed by atoms with Crippen LogP contribution in [0.5, 0.6) is 0 Å². The number of thioether (sulfide) groups is 1. The van der Waals surface area contributed by atoms with Crippen molar-refractivity contribution in [2.45, 2.75) is 0 Å². The first-order valence-corrected chi connectivity index (χ1v) is 7.50. The quantitative estimate of drug-likeness (QED) is 0.476. The van der Waals surface area contributed by atoms with Crippen molar-refractivity contribution in [2.75, 3.05) is 6.54 Å². The van der Waals surface area contributed by atoms with E-state index in [0.717, 1.165) is 25.8 Å². The molecule has 1 amide bonds. The van der Waals surface area contributed by atoms with Gasteiger partial charge in [-0.2, -0.15) is 0 Å². The van der Waals surface area contributed by atoms with E-state index >= 15 is 0 Å². The van der Waals surface area contributed by atoms with Crippen molar-refractivity contribution in [3.8, 4) is 0 Å². The van der Waals surface area contributed by atoms with Crippen LogP contribution in [0.25, 0.3) is 6.08 Å². The second-order valence-corrected chi connectivity index (χ2v) is 6.64. The van der Waals surface area contributed by atoms with Crippen molar-refractivity contribution in [3.05, 3.63) is 38.3 Å². The first kappa shape index (κ1) is 14.5. The average molecular weight is 405 g/mol. The molecule has 1 aromatic carbocycles. The van der Waals surface area contributed by atoms with Gasteiger partial charge < -0.3 is 5.11 Å². The number of aliphatic carboxylic acids is 1. The van der Waals surface area contributed by atoms with Gasteiger partial charge in [0.25, 0.3) is 5.91 Å². The van der Waals surface area contributed by atoms with E-state index in [1.165, 1.54) is 0 Å². The highest BCUT2D eigenvalue weighted by molar-refractivity contribution is 14.1. The van der Waals surface area contributed by atoms with Gasteiger partial charge in [-0.1, -0.05) is 36.1 Å². The van der Waals surface area contributed by atoms with Gasteiger partial charge in [0, 0.05) is 3.57 Å². The molecule has 4 nitrogen and oxygen atoms in total. The van der Waals surface area contributed by atoms with E-state index in [0.29, 0.717) is 4.91 Å². The molecular weight excluding hydrogens is 397 g/mol. The lowest BCUT2D eigenvalue weighted by Gasteiger charge is -2.10. The molecule has 7 heteroatoms. The maximum atomic E-state index is 12.0. The molecule has 19 heavy (non-hydrogen) atoms. The summed E-state index contributed by atoms with van der Waals surface area (Å²) in [5.74, 6) is -1.43. The first-order valence-electron chi connectivity index (χ1n) is 5.20. The van der Waals surface area contributed by atoms with Crippen molar-refractivity contribution < 1.29 is 14.7 Å². The van der Waals surface area contributed by atoms with Crippen LogP contribution in [0.2, 0.25) is 0 Å². The molecule has 2 rings (SSSR count). The Balaban J connectivity index is 2.25. The number of benzene rings is 1. The van der Waals surface area contributed by atoms with Gasteiger partial charge in [-0.15, -0.1) is 0 Å². The number of carboxylic acids is 1. The molecule has 1 saturated heterocycles. The van der Waals surface area contributed by atoms with Crippen molar-refractivity contribution >= 4 is 68.8 Å². The molecule has 1 N–H and O–H groups in total. The molecule has 0 unspecified atom stereocenters. The lowest BCUT2D eigenvalue weighted by Crippen LogP contribution is -2.33. The topological polar surface area (TPSA) is 57.6 Å². The maximum Gasteiger partial charge on any atom is 0.323 e. The highest BCUT2D eigenvalue weighted by Gasteiger charge is 2.33. The zero-order valence-electron chi connectivity index (χ0n) is 9.50. The number of hydrogen-bond donors (Lipinski definition) is 1. The molecule has 0 spiro atoms. The first-order chi connectivity index (χ1) is 8.97. The van der Waals surface area contributed by atoms with Gasteiger partial charge in [-0.3, -0.25) is 14.5 Å². The summed E-state index contributed by atoms with van der Waals surface area (Å²) in [5, 5.41) is 8.74. The number of rotatable bonds is 3. The van der Waals surface area contributed by atoms with Crippen molar-refractivity contribution in [2.24, 2.45) is 0 Å². The van der Waals surface area contributed by atoms with Crippen LogP contribution in [0.15, 0.2) is 29.2 Å². The summed E-state index contributed by atoms with van der Waals surface area (Å²) in [6.07, 6.45) is 1.73. The van der Waals surface area contributed by atoms with Gasteiger partial charge in [-0.05, 0) is 46.4 Å². The Kier molecular flexibility index (Phi) is 4.58. The van der Waals surface area contributed by atoms with E-state index < -0.39 is 12.5 Å². The lowest BCUT2D eigenvalue weighted by molar-refractivity contribution is -0.140. The average Bonchev–Trinajstić information content (AvgIpc) is 2.57. The fourth-order valence-electron chi connectivity index (χ4n) is 1.52. The standard InChI is InChI=1S/C12H8INO3S2/c13-8-3-1-2-7(4-8)5-9-11(17)14(6-10(15)16)12(18)19-9/h1-5H,6H2,(H,15,16)/b9-5-. The van der Waals surface area contributed by atoms with E-state index in [-0.39, 0.29) is 10.2 Å². The molecule has 0 aliphatic carbocycles. The molecule has 0 bridgehead atoms. The molecule has 1 fully saturated rings. The largest absolute Gasteiger partial charge is 0.480 e. The Morgan fingerprint density at radius 3 is 2.89 bits per heavy atom. The highest BCUT2D eigenvalue weighted by atomic mass is 127. The van der Waals surface area contributed by atoms with E-state index in [4.69, 9.17) is 17.3 Å². The molecule has 0 saturated carbocycles. The number of nitrogens with zero attached hydrogens (tertiary/aromatic N) is 1. The molecule has 1 heterocycles. The summed E-state index contributed by atoms with van der Waals surface area (Å²) in [6.45, 7) is -0.395. The monoisotopic (exact) mass is 405 g/mol. The minimum atomic E-state index is -1.08. The molecule has 0 atom stereocenters. The molecule has 98 valence electrons. The fourth-order valence-corrected chi connectivity index (χ4v) is 3.34. The number of thiocarbonyl (C=S) groups is 1. The number of carbonyl (C=O) groups is 2. The van der Waals surface area contributed by atoms with Crippen LogP contribution in [0.3, 0.4) is 0 Å². The smallest absolute Gasteiger partial charge is 0.323 e. The van der Waals surface area contributed by atoms with Crippen molar-refractivity contribution in [1.29, 1.82) is 0 Å². The Morgan fingerprint density at radius 1 is 1.53 bits per heavy atom. The van der Waals surface area contributed by atoms with Crippen molar-refractivity contribution in [1.82, 2.24) is 4.90 Å². The van der Waals surface area contributed by atoms with Crippen LogP contribution in [0, 0.1) is 3.57 Å².